The lowest BCUT2D eigenvalue weighted by atomic mass is 9.82. The van der Waals surface area contributed by atoms with Gasteiger partial charge in [0.15, 0.2) is 5.60 Å². The van der Waals surface area contributed by atoms with E-state index in [1.807, 2.05) is 95.9 Å². The number of likely N-dealkylation sites (tertiary alicyclic amines) is 1. The van der Waals surface area contributed by atoms with Gasteiger partial charge in [-0.2, -0.15) is 0 Å². The van der Waals surface area contributed by atoms with Crippen molar-refractivity contribution in [2.45, 2.75) is 69.1 Å². The van der Waals surface area contributed by atoms with E-state index in [2.05, 4.69) is 32.2 Å². The Morgan fingerprint density at radius 3 is 2.31 bits per heavy atom. The van der Waals surface area contributed by atoms with Crippen molar-refractivity contribution >= 4 is 58.8 Å². The predicted molar refractivity (Wildman–Crippen MR) is 227 cm³/mol. The van der Waals surface area contributed by atoms with Crippen LogP contribution in [0.5, 0.6) is 11.5 Å². The monoisotopic (exact) mass is 795 g/mol. The van der Waals surface area contributed by atoms with Gasteiger partial charge < -0.3 is 29.1 Å². The van der Waals surface area contributed by atoms with Crippen molar-refractivity contribution in [2.24, 2.45) is 5.92 Å². The van der Waals surface area contributed by atoms with Crippen LogP contribution in [0.2, 0.25) is 18.6 Å². The number of aliphatic hydroxyl groups excluding tert-OH is 1. The minimum absolute atomic E-state index is 0.0561. The van der Waals surface area contributed by atoms with Gasteiger partial charge in [0.1, 0.15) is 11.5 Å². The molecular formula is C47H49N3O7Si. The number of amides is 3. The topological polar surface area (TPSA) is 109 Å². The number of fused-ring (bicyclic) bond motifs is 2. The minimum atomic E-state index is -2.50. The largest absolute Gasteiger partial charge is 0.497 e. The van der Waals surface area contributed by atoms with Crippen molar-refractivity contribution in [3.05, 3.63) is 120 Å². The number of hydrogen-bond donors (Lipinski definition) is 1. The first-order valence-electron chi connectivity index (χ1n) is 20.2. The van der Waals surface area contributed by atoms with Crippen LogP contribution in [0.4, 0.5) is 17.1 Å². The number of methoxy groups -OCH3 is 2. The molecule has 11 heteroatoms. The number of nitrogens with zero attached hydrogens (tertiary/aromatic N) is 3. The quantitative estimate of drug-likeness (QED) is 0.148. The minimum Gasteiger partial charge on any atom is -0.497 e. The van der Waals surface area contributed by atoms with Gasteiger partial charge in [0.2, 0.25) is 5.91 Å². The van der Waals surface area contributed by atoms with E-state index in [4.69, 9.17) is 14.2 Å². The molecule has 0 aromatic heterocycles. The Kier molecular flexibility index (Phi) is 9.45. The first-order chi connectivity index (χ1) is 28.0. The number of hydrogen-bond acceptors (Lipinski definition) is 7. The first kappa shape index (κ1) is 38.0. The highest BCUT2D eigenvalue weighted by molar-refractivity contribution is 6.91. The third-order valence-corrected chi connectivity index (χ3v) is 17.8. The summed E-state index contributed by atoms with van der Waals surface area (Å²) < 4.78 is 18.5. The van der Waals surface area contributed by atoms with Crippen LogP contribution in [0.1, 0.15) is 47.7 Å². The number of benzene rings is 5. The SMILES string of the molecule is COc1ccc([Si](C)(C)[C@@H]2[C@@H](CC(=O)N3CCC[C@H]3CO)O[C@]3(C(=O)N(Cc4ccc(N5C(=O)c6cccc7cccc5c67)cc4)c4ccc(OC)cc43)[C@H]2C)cc1. The van der Waals surface area contributed by atoms with Gasteiger partial charge in [0, 0.05) is 29.1 Å². The Hall–Kier alpha value is -5.49. The number of carbonyl (C=O) groups excluding carboxylic acids is 3. The molecule has 2 saturated heterocycles. The maximum Gasteiger partial charge on any atom is 0.264 e. The maximum atomic E-state index is 15.4. The first-order valence-corrected chi connectivity index (χ1v) is 23.3. The van der Waals surface area contributed by atoms with Gasteiger partial charge in [-0.05, 0) is 83.9 Å². The molecule has 4 aliphatic rings. The van der Waals surface area contributed by atoms with E-state index >= 15 is 4.79 Å². The van der Waals surface area contributed by atoms with Gasteiger partial charge >= 0.3 is 0 Å². The number of anilines is 3. The number of carbonyl (C=O) groups is 3. The molecule has 10 nitrogen and oxygen atoms in total. The Bertz CT molecular complexity index is 2430. The summed E-state index contributed by atoms with van der Waals surface area (Å²) in [5, 5.41) is 13.3. The van der Waals surface area contributed by atoms with Gasteiger partial charge in [-0.25, -0.2) is 0 Å². The smallest absolute Gasteiger partial charge is 0.264 e. The van der Waals surface area contributed by atoms with Crippen molar-refractivity contribution in [3.8, 4) is 11.5 Å². The molecular weight excluding hydrogens is 747 g/mol. The Morgan fingerprint density at radius 2 is 1.60 bits per heavy atom. The average Bonchev–Trinajstić information content (AvgIpc) is 3.98. The molecule has 3 amide bonds. The fourth-order valence-electron chi connectivity index (χ4n) is 10.5. The molecule has 0 radical (unpaired) electrons. The number of aliphatic hydroxyl groups is 1. The molecule has 298 valence electrons. The van der Waals surface area contributed by atoms with Gasteiger partial charge in [0.05, 0.1) is 70.9 Å². The summed E-state index contributed by atoms with van der Waals surface area (Å²) in [6.07, 6.45) is 1.17. The lowest BCUT2D eigenvalue weighted by Crippen LogP contribution is -2.52. The number of ether oxygens (including phenoxy) is 3. The molecule has 9 rings (SSSR count). The average molecular weight is 796 g/mol. The second-order valence-corrected chi connectivity index (χ2v) is 21.4. The summed E-state index contributed by atoms with van der Waals surface area (Å²) in [6, 6.07) is 33.3. The highest BCUT2D eigenvalue weighted by Gasteiger charge is 2.66. The lowest BCUT2D eigenvalue weighted by molar-refractivity contribution is -0.150. The predicted octanol–water partition coefficient (Wildman–Crippen LogP) is 7.29. The zero-order valence-electron chi connectivity index (χ0n) is 33.6. The summed E-state index contributed by atoms with van der Waals surface area (Å²) >= 11 is 0. The van der Waals surface area contributed by atoms with Crippen LogP contribution in [0.25, 0.3) is 10.8 Å². The van der Waals surface area contributed by atoms with Crippen molar-refractivity contribution < 1.29 is 33.7 Å². The molecule has 1 spiro atoms. The molecule has 5 atom stereocenters. The normalized spacial score (nSPS) is 23.7. The van der Waals surface area contributed by atoms with Gasteiger partial charge in [-0.15, -0.1) is 0 Å². The molecule has 0 bridgehead atoms. The van der Waals surface area contributed by atoms with Crippen molar-refractivity contribution in [2.75, 3.05) is 37.2 Å². The van der Waals surface area contributed by atoms with E-state index in [-0.39, 0.29) is 54.8 Å². The van der Waals surface area contributed by atoms with E-state index in [1.54, 1.807) is 24.0 Å². The molecule has 0 unspecified atom stereocenters. The zero-order chi connectivity index (χ0) is 40.5. The molecule has 58 heavy (non-hydrogen) atoms. The van der Waals surface area contributed by atoms with Gasteiger partial charge in [-0.1, -0.05) is 73.7 Å². The standard InChI is InChI=1S/C47H49N3O7Si/c1-29-44(58(4,5)36-21-18-34(55-2)19-22-36)41(26-42(52)48-24-8-11-33(48)28-51)57-47(29)38-25-35(56-3)20-23-39(38)49(46(47)54)27-30-14-16-32(17-15-30)50-40-13-7-10-31-9-6-12-37(43(31)40)45(50)53/h6-7,9-10,12-23,25,29,33,41,44,51H,8,11,24,26-28H2,1-5H3/t29-,33-,41+,44-,47+/m0/s1. The van der Waals surface area contributed by atoms with Crippen LogP contribution in [-0.2, 0) is 26.5 Å². The Balaban J connectivity index is 1.07. The second-order valence-electron chi connectivity index (χ2n) is 16.7. The Morgan fingerprint density at radius 1 is 0.897 bits per heavy atom. The van der Waals surface area contributed by atoms with Crippen molar-refractivity contribution in [1.82, 2.24) is 4.90 Å². The summed E-state index contributed by atoms with van der Waals surface area (Å²) in [5.74, 6) is 0.785. The van der Waals surface area contributed by atoms with E-state index in [0.29, 0.717) is 17.9 Å². The Labute approximate surface area is 339 Å². The van der Waals surface area contributed by atoms with Crippen LogP contribution < -0.4 is 24.5 Å². The highest BCUT2D eigenvalue weighted by atomic mass is 28.3. The van der Waals surface area contributed by atoms with Crippen LogP contribution >= 0.6 is 0 Å². The summed E-state index contributed by atoms with van der Waals surface area (Å²) in [6.45, 7) is 7.52. The molecule has 0 aliphatic carbocycles. The van der Waals surface area contributed by atoms with Crippen LogP contribution in [0.15, 0.2) is 103 Å². The van der Waals surface area contributed by atoms with Crippen LogP contribution in [0.3, 0.4) is 0 Å². The molecule has 1 N–H and O–H groups in total. The van der Waals surface area contributed by atoms with E-state index < -0.39 is 19.8 Å². The second kappa shape index (κ2) is 14.4. The van der Waals surface area contributed by atoms with Crippen LogP contribution in [0, 0.1) is 5.92 Å². The van der Waals surface area contributed by atoms with E-state index in [0.717, 1.165) is 57.6 Å². The maximum absolute atomic E-state index is 15.4. The van der Waals surface area contributed by atoms with E-state index in [1.165, 1.54) is 5.19 Å². The van der Waals surface area contributed by atoms with Crippen LogP contribution in [-0.4, -0.2) is 75.3 Å². The highest BCUT2D eigenvalue weighted by Crippen LogP contribution is 2.60. The van der Waals surface area contributed by atoms with E-state index in [9.17, 15) is 14.7 Å². The third kappa shape index (κ3) is 5.77. The molecule has 4 aliphatic heterocycles. The summed E-state index contributed by atoms with van der Waals surface area (Å²) in [7, 11) is 0.766. The van der Waals surface area contributed by atoms with Crippen molar-refractivity contribution in [3.63, 3.8) is 0 Å². The molecule has 2 fully saturated rings. The lowest BCUT2D eigenvalue weighted by Gasteiger charge is -2.37. The van der Waals surface area contributed by atoms with Gasteiger partial charge in [-0.3, -0.25) is 19.3 Å². The van der Waals surface area contributed by atoms with Crippen molar-refractivity contribution in [1.29, 1.82) is 0 Å². The zero-order valence-corrected chi connectivity index (χ0v) is 34.6. The fraction of sp³-hybridized carbons (Fsp3) is 0.340. The molecule has 5 aromatic rings. The third-order valence-electron chi connectivity index (χ3n) is 13.4. The fourth-order valence-corrected chi connectivity index (χ4v) is 14.5. The van der Waals surface area contributed by atoms with Gasteiger partial charge in [0.25, 0.3) is 11.8 Å². The molecule has 0 saturated carbocycles. The number of rotatable bonds is 10. The molecule has 5 aromatic carbocycles. The summed E-state index contributed by atoms with van der Waals surface area (Å²) in [5.41, 5.74) is 3.17. The summed E-state index contributed by atoms with van der Waals surface area (Å²) in [4.78, 5) is 48.6. The molecule has 4 heterocycles.